The van der Waals surface area contributed by atoms with E-state index in [-0.39, 0.29) is 33.6 Å². The smallest absolute Gasteiger partial charge is 0.352 e. The SMILES string of the molecule is CO[C@@]1(NC(=O)C(NC(=O)c2cc3cc(O)c(O)cc3oc2=O)c2ccc(OCC(=O)O)cc2)C(=O)N2C(C(=O)O)=C(COC(C)=O)CS[C@H]21. The van der Waals surface area contributed by atoms with Crippen molar-refractivity contribution in [1.29, 1.82) is 0 Å². The Kier molecular flexibility index (Phi) is 9.73. The summed E-state index contributed by atoms with van der Waals surface area (Å²) in [5.41, 5.74) is -4.31. The third-order valence-corrected chi connectivity index (χ3v) is 8.95. The topological polar surface area (TPSA) is 269 Å². The van der Waals surface area contributed by atoms with Crippen LogP contribution in [0.3, 0.4) is 0 Å². The number of hydrogen-bond donors (Lipinski definition) is 6. The number of carbonyl (C=O) groups excluding carboxylic acids is 4. The van der Waals surface area contributed by atoms with Crippen LogP contribution in [-0.2, 0) is 33.4 Å². The van der Waals surface area contributed by atoms with Crippen LogP contribution in [0.4, 0.5) is 0 Å². The first-order chi connectivity index (χ1) is 23.7. The zero-order chi connectivity index (χ0) is 36.5. The molecule has 262 valence electrons. The van der Waals surface area contributed by atoms with Gasteiger partial charge in [-0.25, -0.2) is 14.4 Å². The number of phenols is 2. The van der Waals surface area contributed by atoms with Gasteiger partial charge in [0.1, 0.15) is 40.6 Å². The zero-order valence-electron chi connectivity index (χ0n) is 26.0. The number of thioether (sulfide) groups is 1. The largest absolute Gasteiger partial charge is 0.504 e. The van der Waals surface area contributed by atoms with Crippen molar-refractivity contribution in [2.75, 3.05) is 26.1 Å². The van der Waals surface area contributed by atoms with Gasteiger partial charge in [-0.1, -0.05) is 12.1 Å². The molecule has 19 heteroatoms. The first-order valence-corrected chi connectivity index (χ1v) is 15.4. The fourth-order valence-corrected chi connectivity index (χ4v) is 6.63. The molecule has 2 aliphatic rings. The van der Waals surface area contributed by atoms with Crippen molar-refractivity contribution in [2.45, 2.75) is 24.1 Å². The molecule has 0 aliphatic carbocycles. The van der Waals surface area contributed by atoms with E-state index in [0.29, 0.717) is 0 Å². The number of esters is 1. The molecule has 0 saturated carbocycles. The molecule has 50 heavy (non-hydrogen) atoms. The molecule has 2 aromatic carbocycles. The van der Waals surface area contributed by atoms with Crippen molar-refractivity contribution < 1.29 is 67.8 Å². The highest BCUT2D eigenvalue weighted by Crippen LogP contribution is 2.47. The van der Waals surface area contributed by atoms with Crippen LogP contribution in [0.5, 0.6) is 17.2 Å². The molecule has 3 atom stereocenters. The third kappa shape index (κ3) is 6.63. The van der Waals surface area contributed by atoms with Crippen molar-refractivity contribution in [2.24, 2.45) is 0 Å². The molecule has 5 rings (SSSR count). The molecule has 1 unspecified atom stereocenters. The summed E-state index contributed by atoms with van der Waals surface area (Å²) in [5.74, 6) is -7.65. The maximum Gasteiger partial charge on any atom is 0.352 e. The number of carbonyl (C=O) groups is 6. The fraction of sp³-hybridized carbons (Fsp3) is 0.258. The summed E-state index contributed by atoms with van der Waals surface area (Å²) in [6.07, 6.45) is 0. The number of aliphatic carboxylic acids is 2. The van der Waals surface area contributed by atoms with Crippen LogP contribution in [0.25, 0.3) is 11.0 Å². The van der Waals surface area contributed by atoms with Crippen molar-refractivity contribution in [3.63, 3.8) is 0 Å². The Labute approximate surface area is 284 Å². The summed E-state index contributed by atoms with van der Waals surface area (Å²) in [7, 11) is 1.10. The van der Waals surface area contributed by atoms with E-state index in [1.807, 2.05) is 0 Å². The number of ether oxygens (including phenoxy) is 3. The lowest BCUT2D eigenvalue weighted by molar-refractivity contribution is -0.193. The predicted octanol–water partition coefficient (Wildman–Crippen LogP) is 0.415. The van der Waals surface area contributed by atoms with E-state index in [1.54, 1.807) is 0 Å². The summed E-state index contributed by atoms with van der Waals surface area (Å²) in [4.78, 5) is 89.2. The summed E-state index contributed by atoms with van der Waals surface area (Å²) >= 11 is 1.01. The number of carboxylic acids is 2. The van der Waals surface area contributed by atoms with Crippen LogP contribution in [0.1, 0.15) is 28.9 Å². The van der Waals surface area contributed by atoms with E-state index in [0.717, 1.165) is 48.9 Å². The van der Waals surface area contributed by atoms with Crippen molar-refractivity contribution in [3.05, 3.63) is 75.3 Å². The Hall–Kier alpha value is -6.08. The number of hydrogen-bond acceptors (Lipinski definition) is 14. The lowest BCUT2D eigenvalue weighted by atomic mass is 9.96. The number of aromatic hydroxyl groups is 2. The average Bonchev–Trinajstić information content (AvgIpc) is 3.07. The van der Waals surface area contributed by atoms with E-state index >= 15 is 0 Å². The second-order valence-corrected chi connectivity index (χ2v) is 11.9. The molecule has 6 N–H and O–H groups in total. The Bertz CT molecular complexity index is 2030. The van der Waals surface area contributed by atoms with Gasteiger partial charge in [-0.15, -0.1) is 11.8 Å². The minimum atomic E-state index is -2.13. The lowest BCUT2D eigenvalue weighted by Gasteiger charge is -2.56. The maximum atomic E-state index is 14.0. The molecular formula is C31H27N3O15S. The van der Waals surface area contributed by atoms with Crippen LogP contribution < -0.4 is 21.0 Å². The van der Waals surface area contributed by atoms with Crippen molar-refractivity contribution in [1.82, 2.24) is 15.5 Å². The first-order valence-electron chi connectivity index (χ1n) is 14.3. The second kappa shape index (κ2) is 13.8. The molecule has 0 spiro atoms. The fourth-order valence-electron chi connectivity index (χ4n) is 5.21. The Morgan fingerprint density at radius 3 is 2.36 bits per heavy atom. The minimum Gasteiger partial charge on any atom is -0.504 e. The highest BCUT2D eigenvalue weighted by molar-refractivity contribution is 8.00. The molecule has 18 nitrogen and oxygen atoms in total. The summed E-state index contributed by atoms with van der Waals surface area (Å²) < 4.78 is 20.7. The molecule has 3 aromatic rings. The number of methoxy groups -OCH3 is 1. The quantitative estimate of drug-likeness (QED) is 0.0488. The highest BCUT2D eigenvalue weighted by Gasteiger charge is 2.67. The van der Waals surface area contributed by atoms with Crippen LogP contribution in [-0.4, -0.2) is 98.1 Å². The molecule has 1 saturated heterocycles. The molecule has 0 radical (unpaired) electrons. The molecular weight excluding hydrogens is 686 g/mol. The number of benzene rings is 2. The summed E-state index contributed by atoms with van der Waals surface area (Å²) in [6, 6.07) is 6.62. The van der Waals surface area contributed by atoms with E-state index in [9.17, 15) is 48.9 Å². The van der Waals surface area contributed by atoms with Crippen LogP contribution in [0.15, 0.2) is 62.9 Å². The van der Waals surface area contributed by atoms with Gasteiger partial charge in [-0.05, 0) is 29.8 Å². The summed E-state index contributed by atoms with van der Waals surface area (Å²) in [5, 5.41) is 42.2. The number of rotatable bonds is 12. The van der Waals surface area contributed by atoms with E-state index in [4.69, 9.17) is 23.7 Å². The van der Waals surface area contributed by atoms with E-state index in [1.165, 1.54) is 24.3 Å². The van der Waals surface area contributed by atoms with Gasteiger partial charge >= 0.3 is 23.5 Å². The molecule has 1 fully saturated rings. The molecule has 1 aromatic heterocycles. The number of amides is 3. The zero-order valence-corrected chi connectivity index (χ0v) is 26.8. The molecule has 2 aliphatic heterocycles. The molecule has 3 amide bonds. The van der Waals surface area contributed by atoms with E-state index < -0.39 is 94.4 Å². The van der Waals surface area contributed by atoms with Crippen LogP contribution in [0, 0.1) is 0 Å². The standard InChI is InChI=1S/C31H27N3O15S/c1-13(35)47-10-16-12-50-30-31(46-2,29(45)34(30)24(16)27(42)43)33-26(41)23(14-3-5-17(6-4-14)48-11-22(38)39)32-25(40)18-7-15-8-19(36)20(37)9-21(15)49-28(18)44/h3-9,23,30,36-37H,10-12H2,1-2H3,(H,32,40)(H,33,41)(H,38,39)(H,42,43)/t23?,30-,31-/m0/s1. The van der Waals surface area contributed by atoms with Gasteiger partial charge in [-0.2, -0.15) is 0 Å². The van der Waals surface area contributed by atoms with Crippen molar-refractivity contribution >= 4 is 58.4 Å². The highest BCUT2D eigenvalue weighted by atomic mass is 32.2. The number of phenolic OH excluding ortho intramolecular Hbond substituents is 2. The Morgan fingerprint density at radius 1 is 1.06 bits per heavy atom. The van der Waals surface area contributed by atoms with Crippen LogP contribution in [0.2, 0.25) is 0 Å². The second-order valence-electron chi connectivity index (χ2n) is 10.8. The predicted molar refractivity (Wildman–Crippen MR) is 168 cm³/mol. The van der Waals surface area contributed by atoms with Crippen molar-refractivity contribution in [3.8, 4) is 17.2 Å². The van der Waals surface area contributed by atoms with Gasteiger partial charge in [0.2, 0.25) is 5.91 Å². The van der Waals surface area contributed by atoms with Gasteiger partial charge in [-0.3, -0.25) is 24.1 Å². The maximum absolute atomic E-state index is 14.0. The monoisotopic (exact) mass is 713 g/mol. The first kappa shape index (κ1) is 35.2. The summed E-state index contributed by atoms with van der Waals surface area (Å²) in [6.45, 7) is 0.0696. The van der Waals surface area contributed by atoms with Gasteiger partial charge in [0.25, 0.3) is 17.5 Å². The van der Waals surface area contributed by atoms with Gasteiger partial charge in [0, 0.05) is 36.8 Å². The minimum absolute atomic E-state index is 0.0205. The Morgan fingerprint density at radius 2 is 1.74 bits per heavy atom. The normalized spacial score (nSPS) is 18.8. The van der Waals surface area contributed by atoms with Crippen LogP contribution >= 0.6 is 11.8 Å². The number of carboxylic acid groups (broad SMARTS) is 2. The van der Waals surface area contributed by atoms with Gasteiger partial charge in [0.15, 0.2) is 18.1 Å². The number of β-lactam (4-membered cyclic amide) rings is 1. The number of fused-ring (bicyclic) bond motifs is 2. The number of nitrogens with zero attached hydrogens (tertiary/aromatic N) is 1. The van der Waals surface area contributed by atoms with Gasteiger partial charge < -0.3 is 49.7 Å². The van der Waals surface area contributed by atoms with Gasteiger partial charge in [0.05, 0.1) is 0 Å². The third-order valence-electron chi connectivity index (χ3n) is 7.58. The average molecular weight is 714 g/mol. The molecule has 3 heterocycles. The lowest BCUT2D eigenvalue weighted by Crippen LogP contribution is -2.81. The van der Waals surface area contributed by atoms with E-state index in [2.05, 4.69) is 10.6 Å². The Balaban J connectivity index is 1.47. The molecule has 0 bridgehead atoms. The number of nitrogens with one attached hydrogen (secondary N) is 2.